The van der Waals surface area contributed by atoms with E-state index in [1.54, 1.807) is 0 Å². The summed E-state index contributed by atoms with van der Waals surface area (Å²) in [4.78, 5) is 27.1. The lowest BCUT2D eigenvalue weighted by Gasteiger charge is -2.08. The summed E-state index contributed by atoms with van der Waals surface area (Å²) in [6.07, 6.45) is 0.795. The van der Waals surface area contributed by atoms with Gasteiger partial charge in [-0.25, -0.2) is 30.9 Å². The van der Waals surface area contributed by atoms with Gasteiger partial charge in [-0.15, -0.1) is 0 Å². The number of halogens is 2. The molecule has 2 heterocycles. The highest BCUT2D eigenvalue weighted by Gasteiger charge is 2.26. The first kappa shape index (κ1) is 16.1. The molecule has 0 saturated heterocycles. The van der Waals surface area contributed by atoms with Crippen molar-refractivity contribution in [1.82, 2.24) is 18.1 Å². The van der Waals surface area contributed by atoms with Crippen molar-refractivity contribution in [3.05, 3.63) is 57.0 Å². The Hall–Kier alpha value is -2.82. The highest BCUT2D eigenvalue weighted by atomic mass is 32.2. The minimum absolute atomic E-state index is 0.172. The van der Waals surface area contributed by atoms with E-state index in [0.29, 0.717) is 14.6 Å². The van der Waals surface area contributed by atoms with Gasteiger partial charge < -0.3 is 0 Å². The van der Waals surface area contributed by atoms with Gasteiger partial charge >= 0.3 is 5.69 Å². The van der Waals surface area contributed by atoms with Crippen LogP contribution in [0, 0.1) is 11.6 Å². The monoisotopic (exact) mass is 356 g/mol. The average Bonchev–Trinajstić information content (AvgIpc) is 2.96. The summed E-state index contributed by atoms with van der Waals surface area (Å²) in [6, 6.07) is 1.95. The maximum atomic E-state index is 13.9. The number of benzene rings is 1. The molecule has 3 aromatic rings. The minimum atomic E-state index is -4.55. The zero-order valence-corrected chi connectivity index (χ0v) is 13.2. The normalized spacial score (nSPS) is 12.0. The second kappa shape index (κ2) is 5.09. The molecule has 3 rings (SSSR count). The first-order chi connectivity index (χ1) is 11.2. The van der Waals surface area contributed by atoms with Gasteiger partial charge in [0.1, 0.15) is 22.9 Å². The van der Waals surface area contributed by atoms with Crippen LogP contribution in [0.1, 0.15) is 0 Å². The molecule has 1 aromatic carbocycles. The summed E-state index contributed by atoms with van der Waals surface area (Å²) in [6.45, 7) is 0. The molecule has 0 aliphatic rings. The van der Waals surface area contributed by atoms with Gasteiger partial charge in [-0.3, -0.25) is 13.9 Å². The van der Waals surface area contributed by atoms with Gasteiger partial charge in [-0.05, 0) is 12.1 Å². The predicted molar refractivity (Wildman–Crippen MR) is 79.2 cm³/mol. The number of hydrogen-bond acceptors (Lipinski definition) is 5. The van der Waals surface area contributed by atoms with Crippen molar-refractivity contribution >= 4 is 21.2 Å². The summed E-state index contributed by atoms with van der Waals surface area (Å²) in [5.74, 6) is -2.25. The molecule has 0 radical (unpaired) electrons. The van der Waals surface area contributed by atoms with Crippen molar-refractivity contribution < 1.29 is 17.2 Å². The van der Waals surface area contributed by atoms with Gasteiger partial charge in [-0.1, -0.05) is 0 Å². The molecule has 0 saturated carbocycles. The maximum absolute atomic E-state index is 13.9. The molecule has 11 heteroatoms. The molecule has 0 bridgehead atoms. The number of aryl methyl sites for hydroxylation is 1. The van der Waals surface area contributed by atoms with Crippen LogP contribution in [-0.4, -0.2) is 26.5 Å². The van der Waals surface area contributed by atoms with E-state index in [2.05, 4.69) is 4.98 Å². The van der Waals surface area contributed by atoms with E-state index in [0.717, 1.165) is 23.0 Å². The van der Waals surface area contributed by atoms with E-state index < -0.39 is 43.3 Å². The molecule has 0 fully saturated rings. The third-order valence-electron chi connectivity index (χ3n) is 3.55. The van der Waals surface area contributed by atoms with Gasteiger partial charge in [0.2, 0.25) is 0 Å². The van der Waals surface area contributed by atoms with Crippen molar-refractivity contribution in [2.24, 2.45) is 14.1 Å². The summed E-state index contributed by atoms with van der Waals surface area (Å²) >= 11 is 0. The second-order valence-corrected chi connectivity index (χ2v) is 6.78. The number of nitrogens with zero attached hydrogens (tertiary/aromatic N) is 4. The third kappa shape index (κ3) is 2.08. The Kier molecular flexibility index (Phi) is 3.41. The van der Waals surface area contributed by atoms with Crippen LogP contribution in [0.3, 0.4) is 0 Å². The fourth-order valence-electron chi connectivity index (χ4n) is 2.29. The quantitative estimate of drug-likeness (QED) is 0.641. The van der Waals surface area contributed by atoms with Crippen LogP contribution in [0.2, 0.25) is 0 Å². The fraction of sp³-hybridized carbons (Fsp3) is 0.154. The zero-order chi connectivity index (χ0) is 17.8. The molecular weight excluding hydrogens is 346 g/mol. The van der Waals surface area contributed by atoms with Crippen molar-refractivity contribution in [1.29, 1.82) is 0 Å². The molecule has 0 aliphatic carbocycles. The van der Waals surface area contributed by atoms with Crippen LogP contribution < -0.4 is 11.2 Å². The van der Waals surface area contributed by atoms with E-state index in [9.17, 15) is 26.8 Å². The fourth-order valence-corrected chi connectivity index (χ4v) is 3.62. The topological polar surface area (TPSA) is 96.0 Å². The number of hydrogen-bond donors (Lipinski definition) is 0. The zero-order valence-electron chi connectivity index (χ0n) is 12.4. The largest absolute Gasteiger partial charge is 0.332 e. The van der Waals surface area contributed by atoms with Crippen molar-refractivity contribution in [3.8, 4) is 0 Å². The molecule has 24 heavy (non-hydrogen) atoms. The Balaban J connectivity index is 2.43. The molecule has 8 nitrogen and oxygen atoms in total. The minimum Gasteiger partial charge on any atom is -0.279 e. The Morgan fingerprint density at radius 3 is 2.38 bits per heavy atom. The standard InChI is InChI=1S/C13H10F2N4O4S/c1-17-11-10(12(20)18(2)13(17)21)19(6-16-11)24(22,23)9-4-3-7(14)5-8(9)15/h3-6H,1-2H3. The summed E-state index contributed by atoms with van der Waals surface area (Å²) in [5.41, 5.74) is -2.18. The van der Waals surface area contributed by atoms with E-state index >= 15 is 0 Å². The highest BCUT2D eigenvalue weighted by Crippen LogP contribution is 2.21. The van der Waals surface area contributed by atoms with E-state index in [1.165, 1.54) is 14.1 Å². The Labute approximate surface area is 133 Å². The van der Waals surface area contributed by atoms with Crippen molar-refractivity contribution in [3.63, 3.8) is 0 Å². The van der Waals surface area contributed by atoms with Crippen LogP contribution in [0.4, 0.5) is 8.78 Å². The van der Waals surface area contributed by atoms with Gasteiger partial charge in [0.15, 0.2) is 11.2 Å². The van der Waals surface area contributed by atoms with Crippen LogP contribution in [-0.2, 0) is 24.1 Å². The van der Waals surface area contributed by atoms with Gasteiger partial charge in [0.05, 0.1) is 0 Å². The Bertz CT molecular complexity index is 1210. The Morgan fingerprint density at radius 1 is 1.08 bits per heavy atom. The molecular formula is C13H10F2N4O4S. The van der Waals surface area contributed by atoms with Gasteiger partial charge in [0.25, 0.3) is 15.6 Å². The summed E-state index contributed by atoms with van der Waals surface area (Å²) in [5, 5.41) is 0. The number of imidazole rings is 1. The van der Waals surface area contributed by atoms with Crippen LogP contribution in [0.15, 0.2) is 39.0 Å². The van der Waals surface area contributed by atoms with Gasteiger partial charge in [0, 0.05) is 20.2 Å². The summed E-state index contributed by atoms with van der Waals surface area (Å²) in [7, 11) is -2.07. The first-order valence-electron chi connectivity index (χ1n) is 6.50. The van der Waals surface area contributed by atoms with Crippen LogP contribution in [0.25, 0.3) is 11.2 Å². The van der Waals surface area contributed by atoms with Crippen molar-refractivity contribution in [2.45, 2.75) is 4.90 Å². The smallest absolute Gasteiger partial charge is 0.279 e. The molecule has 2 aromatic heterocycles. The SMILES string of the molecule is Cn1c(=O)c2c(ncn2S(=O)(=O)c2ccc(F)cc2F)n(C)c1=O. The number of aromatic nitrogens is 4. The predicted octanol–water partition coefficient (Wildman–Crippen LogP) is -0.0511. The van der Waals surface area contributed by atoms with Crippen LogP contribution >= 0.6 is 0 Å². The molecule has 0 unspecified atom stereocenters. The molecule has 0 atom stereocenters. The first-order valence-corrected chi connectivity index (χ1v) is 7.94. The maximum Gasteiger partial charge on any atom is 0.332 e. The third-order valence-corrected chi connectivity index (χ3v) is 5.23. The lowest BCUT2D eigenvalue weighted by atomic mass is 10.3. The van der Waals surface area contributed by atoms with Crippen molar-refractivity contribution in [2.75, 3.05) is 0 Å². The number of rotatable bonds is 2. The Morgan fingerprint density at radius 2 is 1.75 bits per heavy atom. The second-order valence-electron chi connectivity index (χ2n) is 5.00. The molecule has 0 amide bonds. The van der Waals surface area contributed by atoms with E-state index in [-0.39, 0.29) is 5.65 Å². The lowest BCUT2D eigenvalue weighted by molar-refractivity contribution is 0.546. The molecule has 0 spiro atoms. The molecule has 0 N–H and O–H groups in total. The van der Waals surface area contributed by atoms with Crippen LogP contribution in [0.5, 0.6) is 0 Å². The number of fused-ring (bicyclic) bond motifs is 1. The highest BCUT2D eigenvalue weighted by molar-refractivity contribution is 7.90. The lowest BCUT2D eigenvalue weighted by Crippen LogP contribution is -2.38. The summed E-state index contributed by atoms with van der Waals surface area (Å²) < 4.78 is 54.3. The average molecular weight is 356 g/mol. The van der Waals surface area contributed by atoms with E-state index in [4.69, 9.17) is 0 Å². The van der Waals surface area contributed by atoms with E-state index in [1.807, 2.05) is 0 Å². The molecule has 126 valence electrons. The molecule has 0 aliphatic heterocycles. The van der Waals surface area contributed by atoms with Gasteiger partial charge in [-0.2, -0.15) is 0 Å².